The van der Waals surface area contributed by atoms with Crippen molar-refractivity contribution in [3.63, 3.8) is 0 Å². The van der Waals surface area contributed by atoms with Crippen LogP contribution in [0.2, 0.25) is 0 Å². The maximum atomic E-state index is 12.6. The van der Waals surface area contributed by atoms with Crippen molar-refractivity contribution in [2.45, 2.75) is 32.2 Å². The van der Waals surface area contributed by atoms with Gasteiger partial charge in [0.15, 0.2) is 0 Å². The Morgan fingerprint density at radius 2 is 2.30 bits per heavy atom. The highest BCUT2D eigenvalue weighted by Gasteiger charge is 2.32. The molecule has 0 N–H and O–H groups in total. The second-order valence-electron chi connectivity index (χ2n) is 5.28. The summed E-state index contributed by atoms with van der Waals surface area (Å²) in [6.07, 6.45) is 4.94. The van der Waals surface area contributed by atoms with Crippen LogP contribution >= 0.6 is 11.3 Å². The Bertz CT molecular complexity index is 590. The lowest BCUT2D eigenvalue weighted by molar-refractivity contribution is 0.0745. The van der Waals surface area contributed by atoms with Crippen molar-refractivity contribution in [3.05, 3.63) is 52.0 Å². The van der Waals surface area contributed by atoms with Gasteiger partial charge in [-0.05, 0) is 31.9 Å². The molecule has 1 amide bonds. The highest BCUT2D eigenvalue weighted by molar-refractivity contribution is 7.09. The van der Waals surface area contributed by atoms with Gasteiger partial charge in [0.25, 0.3) is 5.91 Å². The summed E-state index contributed by atoms with van der Waals surface area (Å²) < 4.78 is 0. The standard InChI is InChI=1S/C16H18N2OS/c1-12-3-2-4-13(11-12)16(19)18(14-5-6-14)9-7-15-17-8-10-20-15/h2-4,8,10-11,14H,5-7,9H2,1H3. The molecule has 104 valence electrons. The van der Waals surface area contributed by atoms with Crippen LogP contribution in [0, 0.1) is 6.92 Å². The van der Waals surface area contributed by atoms with Crippen LogP contribution in [0.3, 0.4) is 0 Å². The van der Waals surface area contributed by atoms with Crippen LogP contribution in [-0.2, 0) is 6.42 Å². The third-order valence-corrected chi connectivity index (χ3v) is 4.40. The van der Waals surface area contributed by atoms with Gasteiger partial charge in [-0.15, -0.1) is 11.3 Å². The van der Waals surface area contributed by atoms with Gasteiger partial charge in [0, 0.05) is 36.1 Å². The number of aryl methyl sites for hydroxylation is 1. The molecule has 0 unspecified atom stereocenters. The molecular formula is C16H18N2OS. The number of benzene rings is 1. The lowest BCUT2D eigenvalue weighted by Gasteiger charge is -2.22. The molecule has 4 heteroatoms. The van der Waals surface area contributed by atoms with E-state index < -0.39 is 0 Å². The first kappa shape index (κ1) is 13.3. The zero-order valence-corrected chi connectivity index (χ0v) is 12.4. The largest absolute Gasteiger partial charge is 0.335 e. The van der Waals surface area contributed by atoms with Crippen LogP contribution < -0.4 is 0 Å². The molecule has 0 aliphatic heterocycles. The van der Waals surface area contributed by atoms with E-state index in [1.54, 1.807) is 11.3 Å². The van der Waals surface area contributed by atoms with Crippen LogP contribution in [0.4, 0.5) is 0 Å². The Labute approximate surface area is 123 Å². The Hall–Kier alpha value is -1.68. The van der Waals surface area contributed by atoms with Gasteiger partial charge in [0.05, 0.1) is 5.01 Å². The fraction of sp³-hybridized carbons (Fsp3) is 0.375. The smallest absolute Gasteiger partial charge is 0.254 e. The average Bonchev–Trinajstić information content (AvgIpc) is 3.14. The molecule has 1 aromatic heterocycles. The Morgan fingerprint density at radius 1 is 1.45 bits per heavy atom. The molecule has 3 nitrogen and oxygen atoms in total. The second kappa shape index (κ2) is 5.75. The van der Waals surface area contributed by atoms with Crippen molar-refractivity contribution < 1.29 is 4.79 Å². The number of carbonyl (C=O) groups excluding carboxylic acids is 1. The molecule has 20 heavy (non-hydrogen) atoms. The number of hydrogen-bond donors (Lipinski definition) is 0. The Morgan fingerprint density at radius 3 is 2.95 bits per heavy atom. The molecule has 0 bridgehead atoms. The molecule has 1 aromatic carbocycles. The molecule has 0 spiro atoms. The van der Waals surface area contributed by atoms with Gasteiger partial charge in [0.1, 0.15) is 0 Å². The van der Waals surface area contributed by atoms with E-state index in [4.69, 9.17) is 0 Å². The van der Waals surface area contributed by atoms with Crippen molar-refractivity contribution in [3.8, 4) is 0 Å². The predicted molar refractivity (Wildman–Crippen MR) is 81.1 cm³/mol. The first-order valence-electron chi connectivity index (χ1n) is 7.00. The number of hydrogen-bond acceptors (Lipinski definition) is 3. The molecule has 0 saturated heterocycles. The maximum Gasteiger partial charge on any atom is 0.254 e. The molecule has 3 rings (SSSR count). The fourth-order valence-electron chi connectivity index (χ4n) is 2.37. The zero-order valence-electron chi connectivity index (χ0n) is 11.6. The quantitative estimate of drug-likeness (QED) is 0.845. The summed E-state index contributed by atoms with van der Waals surface area (Å²) in [4.78, 5) is 19.0. The first-order valence-corrected chi connectivity index (χ1v) is 7.88. The number of amides is 1. The molecule has 0 radical (unpaired) electrons. The number of rotatable bonds is 5. The Balaban J connectivity index is 1.71. The normalized spacial score (nSPS) is 14.2. The van der Waals surface area contributed by atoms with E-state index >= 15 is 0 Å². The van der Waals surface area contributed by atoms with Crippen LogP contribution in [-0.4, -0.2) is 28.4 Å². The minimum atomic E-state index is 0.160. The van der Waals surface area contributed by atoms with Crippen LogP contribution in [0.5, 0.6) is 0 Å². The monoisotopic (exact) mass is 286 g/mol. The average molecular weight is 286 g/mol. The minimum Gasteiger partial charge on any atom is -0.335 e. The highest BCUT2D eigenvalue weighted by Crippen LogP contribution is 2.28. The lowest BCUT2D eigenvalue weighted by Crippen LogP contribution is -2.35. The minimum absolute atomic E-state index is 0.160. The van der Waals surface area contributed by atoms with Gasteiger partial charge < -0.3 is 4.90 Å². The van der Waals surface area contributed by atoms with Gasteiger partial charge in [0.2, 0.25) is 0 Å². The van der Waals surface area contributed by atoms with Crippen molar-refractivity contribution in [1.29, 1.82) is 0 Å². The molecule has 1 aliphatic rings. The predicted octanol–water partition coefficient (Wildman–Crippen LogP) is 3.30. The lowest BCUT2D eigenvalue weighted by atomic mass is 10.1. The van der Waals surface area contributed by atoms with E-state index in [-0.39, 0.29) is 5.91 Å². The molecule has 1 saturated carbocycles. The van der Waals surface area contributed by atoms with Crippen molar-refractivity contribution in [1.82, 2.24) is 9.88 Å². The van der Waals surface area contributed by atoms with Crippen LogP contribution in [0.15, 0.2) is 35.8 Å². The van der Waals surface area contributed by atoms with E-state index in [2.05, 4.69) is 4.98 Å². The van der Waals surface area contributed by atoms with Gasteiger partial charge in [-0.25, -0.2) is 4.98 Å². The van der Waals surface area contributed by atoms with E-state index in [0.717, 1.165) is 41.9 Å². The summed E-state index contributed by atoms with van der Waals surface area (Å²) in [7, 11) is 0. The van der Waals surface area contributed by atoms with Gasteiger partial charge in [-0.3, -0.25) is 4.79 Å². The molecule has 1 fully saturated rings. The Kier molecular flexibility index (Phi) is 3.83. The maximum absolute atomic E-state index is 12.6. The van der Waals surface area contributed by atoms with E-state index in [9.17, 15) is 4.79 Å². The summed E-state index contributed by atoms with van der Waals surface area (Å²) >= 11 is 1.66. The zero-order chi connectivity index (χ0) is 13.9. The fourth-order valence-corrected chi connectivity index (χ4v) is 2.98. The molecule has 1 aliphatic carbocycles. The second-order valence-corrected chi connectivity index (χ2v) is 6.25. The van der Waals surface area contributed by atoms with Crippen molar-refractivity contribution in [2.75, 3.05) is 6.54 Å². The summed E-state index contributed by atoms with van der Waals surface area (Å²) in [5, 5.41) is 3.09. The van der Waals surface area contributed by atoms with Crippen molar-refractivity contribution in [2.24, 2.45) is 0 Å². The SMILES string of the molecule is Cc1cccc(C(=O)N(CCc2nccs2)C2CC2)c1. The summed E-state index contributed by atoms with van der Waals surface area (Å²) in [6.45, 7) is 2.79. The van der Waals surface area contributed by atoms with Gasteiger partial charge >= 0.3 is 0 Å². The van der Waals surface area contributed by atoms with E-state index in [1.165, 1.54) is 0 Å². The highest BCUT2D eigenvalue weighted by atomic mass is 32.1. The molecule has 1 heterocycles. The molecule has 2 aromatic rings. The third kappa shape index (κ3) is 3.07. The van der Waals surface area contributed by atoms with Crippen molar-refractivity contribution >= 4 is 17.2 Å². The number of aromatic nitrogens is 1. The van der Waals surface area contributed by atoms with E-state index in [1.807, 2.05) is 47.7 Å². The number of carbonyl (C=O) groups is 1. The summed E-state index contributed by atoms with van der Waals surface area (Å²) in [5.74, 6) is 0.160. The van der Waals surface area contributed by atoms with Gasteiger partial charge in [-0.2, -0.15) is 0 Å². The van der Waals surface area contributed by atoms with E-state index in [0.29, 0.717) is 6.04 Å². The molecular weight excluding hydrogens is 268 g/mol. The van der Waals surface area contributed by atoms with Gasteiger partial charge in [-0.1, -0.05) is 17.7 Å². The number of thiazole rings is 1. The third-order valence-electron chi connectivity index (χ3n) is 3.56. The summed E-state index contributed by atoms with van der Waals surface area (Å²) in [6, 6.07) is 8.29. The van der Waals surface area contributed by atoms with Crippen LogP contribution in [0.1, 0.15) is 33.8 Å². The topological polar surface area (TPSA) is 33.2 Å². The first-order chi connectivity index (χ1) is 9.74. The van der Waals surface area contributed by atoms with Crippen LogP contribution in [0.25, 0.3) is 0 Å². The number of nitrogens with zero attached hydrogens (tertiary/aromatic N) is 2. The molecule has 0 atom stereocenters. The summed E-state index contributed by atoms with van der Waals surface area (Å²) in [5.41, 5.74) is 1.93.